The maximum absolute atomic E-state index is 12.1. The van der Waals surface area contributed by atoms with Gasteiger partial charge < -0.3 is 9.73 Å². The monoisotopic (exact) mass is 278 g/mol. The van der Waals surface area contributed by atoms with Crippen LogP contribution in [-0.4, -0.2) is 10.9 Å². The molecular formula is C17H14N2O2. The molecule has 21 heavy (non-hydrogen) atoms. The molecule has 1 heterocycles. The fourth-order valence-electron chi connectivity index (χ4n) is 2.00. The highest BCUT2D eigenvalue weighted by atomic mass is 16.4. The van der Waals surface area contributed by atoms with Crippen molar-refractivity contribution in [2.24, 2.45) is 0 Å². The molecule has 0 spiro atoms. The number of aromatic nitrogens is 1. The molecule has 104 valence electrons. The minimum atomic E-state index is -0.355. The standard InChI is InChI=1S/C17H14N2O2/c1-12-7-5-6-10-14(12)19-16(20)17-18-11-15(21-17)13-8-3-2-4-9-13/h2-11H,1H3,(H,19,20). The first kappa shape index (κ1) is 13.1. The van der Waals surface area contributed by atoms with Crippen molar-refractivity contribution in [3.8, 4) is 11.3 Å². The second-order valence-corrected chi connectivity index (χ2v) is 4.66. The summed E-state index contributed by atoms with van der Waals surface area (Å²) in [6.45, 7) is 1.93. The van der Waals surface area contributed by atoms with E-state index in [1.54, 1.807) is 6.20 Å². The Hall–Kier alpha value is -2.88. The number of carbonyl (C=O) groups excluding carboxylic acids is 1. The molecule has 4 heteroatoms. The smallest absolute Gasteiger partial charge is 0.311 e. The third kappa shape index (κ3) is 2.84. The van der Waals surface area contributed by atoms with Crippen molar-refractivity contribution in [1.82, 2.24) is 4.98 Å². The first-order valence-electron chi connectivity index (χ1n) is 6.62. The third-order valence-corrected chi connectivity index (χ3v) is 3.15. The quantitative estimate of drug-likeness (QED) is 0.790. The van der Waals surface area contributed by atoms with Gasteiger partial charge in [0.25, 0.3) is 5.89 Å². The maximum Gasteiger partial charge on any atom is 0.311 e. The Morgan fingerprint density at radius 3 is 2.52 bits per heavy atom. The van der Waals surface area contributed by atoms with Gasteiger partial charge in [0.15, 0.2) is 5.76 Å². The largest absolute Gasteiger partial charge is 0.432 e. The molecule has 4 nitrogen and oxygen atoms in total. The zero-order valence-electron chi connectivity index (χ0n) is 11.5. The predicted octanol–water partition coefficient (Wildman–Crippen LogP) is 3.90. The Kier molecular flexibility index (Phi) is 3.51. The van der Waals surface area contributed by atoms with Gasteiger partial charge in [0, 0.05) is 11.3 Å². The van der Waals surface area contributed by atoms with E-state index >= 15 is 0 Å². The topological polar surface area (TPSA) is 55.1 Å². The Morgan fingerprint density at radius 1 is 1.05 bits per heavy atom. The van der Waals surface area contributed by atoms with Gasteiger partial charge in [0.1, 0.15) is 0 Å². The first-order chi connectivity index (χ1) is 10.2. The van der Waals surface area contributed by atoms with Crippen molar-refractivity contribution in [2.45, 2.75) is 6.92 Å². The van der Waals surface area contributed by atoms with Gasteiger partial charge in [0.05, 0.1) is 6.20 Å². The van der Waals surface area contributed by atoms with Gasteiger partial charge in [-0.3, -0.25) is 4.79 Å². The lowest BCUT2D eigenvalue weighted by Crippen LogP contribution is -2.12. The van der Waals surface area contributed by atoms with E-state index in [0.29, 0.717) is 5.76 Å². The number of rotatable bonds is 3. The van der Waals surface area contributed by atoms with Crippen molar-refractivity contribution in [1.29, 1.82) is 0 Å². The van der Waals surface area contributed by atoms with Crippen molar-refractivity contribution in [3.63, 3.8) is 0 Å². The Labute approximate surface area is 122 Å². The van der Waals surface area contributed by atoms with E-state index in [1.165, 1.54) is 0 Å². The molecule has 0 unspecified atom stereocenters. The van der Waals surface area contributed by atoms with Crippen LogP contribution in [0.2, 0.25) is 0 Å². The summed E-state index contributed by atoms with van der Waals surface area (Å²) in [5.41, 5.74) is 2.63. The summed E-state index contributed by atoms with van der Waals surface area (Å²) in [5, 5.41) is 2.80. The molecule has 0 radical (unpaired) electrons. The van der Waals surface area contributed by atoms with E-state index in [9.17, 15) is 4.79 Å². The number of para-hydroxylation sites is 1. The van der Waals surface area contributed by atoms with Gasteiger partial charge in [-0.25, -0.2) is 4.98 Å². The van der Waals surface area contributed by atoms with Crippen LogP contribution in [0.4, 0.5) is 5.69 Å². The molecule has 0 saturated carbocycles. The second kappa shape index (κ2) is 5.63. The van der Waals surface area contributed by atoms with Crippen molar-refractivity contribution in [3.05, 3.63) is 72.2 Å². The van der Waals surface area contributed by atoms with Crippen LogP contribution < -0.4 is 5.32 Å². The summed E-state index contributed by atoms with van der Waals surface area (Å²) < 4.78 is 5.52. The zero-order valence-corrected chi connectivity index (χ0v) is 11.5. The lowest BCUT2D eigenvalue weighted by Gasteiger charge is -2.05. The molecule has 2 aromatic carbocycles. The number of amides is 1. The van der Waals surface area contributed by atoms with Gasteiger partial charge in [-0.1, -0.05) is 48.5 Å². The van der Waals surface area contributed by atoms with E-state index in [0.717, 1.165) is 16.8 Å². The average Bonchev–Trinajstić information content (AvgIpc) is 3.00. The van der Waals surface area contributed by atoms with Gasteiger partial charge in [-0.2, -0.15) is 0 Å². The number of anilines is 1. The van der Waals surface area contributed by atoms with Crippen molar-refractivity contribution in [2.75, 3.05) is 5.32 Å². The fraction of sp³-hybridized carbons (Fsp3) is 0.0588. The molecule has 1 aromatic heterocycles. The molecular weight excluding hydrogens is 264 g/mol. The van der Waals surface area contributed by atoms with E-state index in [2.05, 4.69) is 10.3 Å². The molecule has 0 aliphatic heterocycles. The number of benzene rings is 2. The molecule has 3 rings (SSSR count). The molecule has 0 fully saturated rings. The van der Waals surface area contributed by atoms with Crippen LogP contribution in [0.5, 0.6) is 0 Å². The number of nitrogens with one attached hydrogen (secondary N) is 1. The summed E-state index contributed by atoms with van der Waals surface area (Å²) in [7, 11) is 0. The minimum Gasteiger partial charge on any atom is -0.432 e. The van der Waals surface area contributed by atoms with Crippen LogP contribution in [0.1, 0.15) is 16.2 Å². The van der Waals surface area contributed by atoms with Crippen LogP contribution in [0.25, 0.3) is 11.3 Å². The second-order valence-electron chi connectivity index (χ2n) is 4.66. The molecule has 0 atom stereocenters. The number of oxazole rings is 1. The molecule has 0 aliphatic carbocycles. The normalized spacial score (nSPS) is 10.3. The van der Waals surface area contributed by atoms with Crippen LogP contribution in [0.3, 0.4) is 0 Å². The average molecular weight is 278 g/mol. The van der Waals surface area contributed by atoms with E-state index in [-0.39, 0.29) is 11.8 Å². The molecule has 1 N–H and O–H groups in total. The number of hydrogen-bond donors (Lipinski definition) is 1. The summed E-state index contributed by atoms with van der Waals surface area (Å²) in [6, 6.07) is 17.1. The van der Waals surface area contributed by atoms with Crippen LogP contribution in [0.15, 0.2) is 65.2 Å². The van der Waals surface area contributed by atoms with Gasteiger partial charge >= 0.3 is 5.91 Å². The number of hydrogen-bond acceptors (Lipinski definition) is 3. The van der Waals surface area contributed by atoms with Crippen LogP contribution in [0, 0.1) is 6.92 Å². The summed E-state index contributed by atoms with van der Waals surface area (Å²) >= 11 is 0. The van der Waals surface area contributed by atoms with Gasteiger partial charge in [0.2, 0.25) is 0 Å². The lowest BCUT2D eigenvalue weighted by atomic mass is 10.2. The molecule has 0 saturated heterocycles. The Morgan fingerprint density at radius 2 is 1.76 bits per heavy atom. The predicted molar refractivity (Wildman–Crippen MR) is 81.1 cm³/mol. The molecule has 0 bridgehead atoms. The van der Waals surface area contributed by atoms with Crippen molar-refractivity contribution < 1.29 is 9.21 Å². The molecule has 1 amide bonds. The van der Waals surface area contributed by atoms with Crippen molar-refractivity contribution >= 4 is 11.6 Å². The highest BCUT2D eigenvalue weighted by Crippen LogP contribution is 2.21. The SMILES string of the molecule is Cc1ccccc1NC(=O)c1ncc(-c2ccccc2)o1. The number of carbonyl (C=O) groups is 1. The summed E-state index contributed by atoms with van der Waals surface area (Å²) in [5.74, 6) is 0.272. The van der Waals surface area contributed by atoms with E-state index in [4.69, 9.17) is 4.42 Å². The zero-order chi connectivity index (χ0) is 14.7. The Bertz CT molecular complexity index is 763. The molecule has 0 aliphatic rings. The Balaban J connectivity index is 1.80. The highest BCUT2D eigenvalue weighted by molar-refractivity contribution is 6.01. The van der Waals surface area contributed by atoms with Gasteiger partial charge in [-0.05, 0) is 18.6 Å². The maximum atomic E-state index is 12.1. The van der Waals surface area contributed by atoms with E-state index < -0.39 is 0 Å². The third-order valence-electron chi connectivity index (χ3n) is 3.15. The first-order valence-corrected chi connectivity index (χ1v) is 6.62. The lowest BCUT2D eigenvalue weighted by molar-refractivity contribution is 0.0991. The number of aryl methyl sites for hydroxylation is 1. The van der Waals surface area contributed by atoms with Crippen LogP contribution >= 0.6 is 0 Å². The summed E-state index contributed by atoms with van der Waals surface area (Å²) in [4.78, 5) is 16.2. The summed E-state index contributed by atoms with van der Waals surface area (Å²) in [6.07, 6.45) is 1.56. The van der Waals surface area contributed by atoms with E-state index in [1.807, 2.05) is 61.5 Å². The molecule has 3 aromatic rings. The van der Waals surface area contributed by atoms with Gasteiger partial charge in [-0.15, -0.1) is 0 Å². The van der Waals surface area contributed by atoms with Crippen LogP contribution in [-0.2, 0) is 0 Å². The number of nitrogens with zero attached hydrogens (tertiary/aromatic N) is 1. The fourth-order valence-corrected chi connectivity index (χ4v) is 2.00. The highest BCUT2D eigenvalue weighted by Gasteiger charge is 2.14. The minimum absolute atomic E-state index is 0.0529.